The molecule has 0 N–H and O–H groups in total. The molecule has 0 aliphatic heterocycles. The fourth-order valence-corrected chi connectivity index (χ4v) is 4.94. The minimum atomic E-state index is -3.72. The highest BCUT2D eigenvalue weighted by Gasteiger charge is 2.27. The summed E-state index contributed by atoms with van der Waals surface area (Å²) in [6, 6.07) is 8.68. The third-order valence-corrected chi connectivity index (χ3v) is 6.28. The van der Waals surface area contributed by atoms with Crippen LogP contribution in [-0.4, -0.2) is 26.4 Å². The lowest BCUT2D eigenvalue weighted by Crippen LogP contribution is -2.31. The topological polar surface area (TPSA) is 46.6 Å². The van der Waals surface area contributed by atoms with E-state index in [-0.39, 0.29) is 18.0 Å². The summed E-state index contributed by atoms with van der Waals surface area (Å²) in [6.07, 6.45) is 1.56. The van der Waals surface area contributed by atoms with Crippen molar-refractivity contribution >= 4 is 33.0 Å². The Hall–Kier alpha value is -1.34. The summed E-state index contributed by atoms with van der Waals surface area (Å²) in [5, 5.41) is 0. The van der Waals surface area contributed by atoms with E-state index >= 15 is 0 Å². The van der Waals surface area contributed by atoms with Crippen LogP contribution in [0.3, 0.4) is 0 Å². The van der Waals surface area contributed by atoms with E-state index in [9.17, 15) is 8.42 Å². The van der Waals surface area contributed by atoms with Gasteiger partial charge in [-0.2, -0.15) is 4.31 Å². The summed E-state index contributed by atoms with van der Waals surface area (Å²) in [7, 11) is -2.26. The molecule has 2 aromatic rings. The molecule has 0 saturated carbocycles. The number of halogens is 1. The number of hydrogen-bond acceptors (Lipinski definition) is 4. The van der Waals surface area contributed by atoms with Gasteiger partial charge in [-0.1, -0.05) is 23.7 Å². The number of benzene rings is 1. The predicted molar refractivity (Wildman–Crippen MR) is 94.9 cm³/mol. The van der Waals surface area contributed by atoms with Crippen LogP contribution in [0.25, 0.3) is 0 Å². The lowest BCUT2D eigenvalue weighted by molar-refractivity contribution is 0.394. The van der Waals surface area contributed by atoms with Gasteiger partial charge in [-0.25, -0.2) is 8.42 Å². The van der Waals surface area contributed by atoms with Crippen molar-refractivity contribution in [3.63, 3.8) is 0 Å². The van der Waals surface area contributed by atoms with Crippen molar-refractivity contribution in [3.05, 3.63) is 57.8 Å². The molecule has 1 aromatic heterocycles. The van der Waals surface area contributed by atoms with Crippen molar-refractivity contribution < 1.29 is 13.2 Å². The summed E-state index contributed by atoms with van der Waals surface area (Å²) in [4.78, 5) is 1.02. The highest BCUT2D eigenvalue weighted by Crippen LogP contribution is 2.30. The number of rotatable bonds is 7. The average molecular weight is 372 g/mol. The van der Waals surface area contributed by atoms with Gasteiger partial charge in [0.05, 0.1) is 11.4 Å². The maximum Gasteiger partial charge on any atom is 0.247 e. The van der Waals surface area contributed by atoms with Crippen LogP contribution in [0.4, 0.5) is 0 Å². The number of methoxy groups -OCH3 is 1. The Labute approximate surface area is 146 Å². The van der Waals surface area contributed by atoms with Crippen molar-refractivity contribution in [2.75, 3.05) is 13.7 Å². The first-order valence-electron chi connectivity index (χ1n) is 6.88. The highest BCUT2D eigenvalue weighted by molar-refractivity contribution is 7.89. The van der Waals surface area contributed by atoms with E-state index in [1.165, 1.54) is 22.8 Å². The SMILES string of the molecule is C=CCN(Cc1ccc(Cl)s1)S(=O)(=O)c1cc(C)ccc1OC. The van der Waals surface area contributed by atoms with E-state index in [0.717, 1.165) is 10.4 Å². The Balaban J connectivity index is 2.44. The molecule has 0 saturated heterocycles. The van der Waals surface area contributed by atoms with E-state index in [1.807, 2.05) is 19.1 Å². The maximum absolute atomic E-state index is 13.0. The zero-order valence-corrected chi connectivity index (χ0v) is 15.3. The van der Waals surface area contributed by atoms with E-state index in [0.29, 0.717) is 10.1 Å². The number of aryl methyl sites for hydroxylation is 1. The molecule has 0 unspecified atom stereocenters. The first-order chi connectivity index (χ1) is 10.9. The van der Waals surface area contributed by atoms with Gasteiger partial charge < -0.3 is 4.74 Å². The van der Waals surface area contributed by atoms with E-state index in [4.69, 9.17) is 16.3 Å². The lowest BCUT2D eigenvalue weighted by atomic mass is 10.2. The van der Waals surface area contributed by atoms with Gasteiger partial charge in [-0.05, 0) is 36.8 Å². The molecule has 0 fully saturated rings. The van der Waals surface area contributed by atoms with E-state index in [1.54, 1.807) is 24.3 Å². The fraction of sp³-hybridized carbons (Fsp3) is 0.250. The normalized spacial score (nSPS) is 11.7. The van der Waals surface area contributed by atoms with Crippen molar-refractivity contribution in [1.29, 1.82) is 0 Å². The second kappa shape index (κ2) is 7.49. The van der Waals surface area contributed by atoms with Crippen LogP contribution in [0.15, 0.2) is 47.9 Å². The molecule has 0 atom stereocenters. The standard InChI is InChI=1S/C16H18ClNO3S2/c1-4-9-18(11-13-6-8-16(17)22-13)23(19,20)15-10-12(2)5-7-14(15)21-3/h4-8,10H,1,9,11H2,2-3H3. The van der Waals surface area contributed by atoms with Crippen LogP contribution >= 0.6 is 22.9 Å². The van der Waals surface area contributed by atoms with Gasteiger partial charge in [0.15, 0.2) is 0 Å². The van der Waals surface area contributed by atoms with Crippen LogP contribution in [0.2, 0.25) is 4.34 Å². The second-order valence-corrected chi connectivity index (χ2v) is 8.65. The Bertz CT molecular complexity index is 799. The molecule has 4 nitrogen and oxygen atoms in total. The molecule has 1 aromatic carbocycles. The van der Waals surface area contributed by atoms with Crippen LogP contribution in [-0.2, 0) is 16.6 Å². The zero-order chi connectivity index (χ0) is 17.0. The monoisotopic (exact) mass is 371 g/mol. The van der Waals surface area contributed by atoms with Crippen LogP contribution in [0.5, 0.6) is 5.75 Å². The minimum Gasteiger partial charge on any atom is -0.495 e. The number of ether oxygens (including phenoxy) is 1. The van der Waals surface area contributed by atoms with Gasteiger partial charge in [0.25, 0.3) is 0 Å². The van der Waals surface area contributed by atoms with Crippen LogP contribution < -0.4 is 4.74 Å². The summed E-state index contributed by atoms with van der Waals surface area (Å²) in [6.45, 7) is 5.94. The Kier molecular flexibility index (Phi) is 5.86. The molecule has 2 rings (SSSR count). The van der Waals surface area contributed by atoms with Crippen LogP contribution in [0, 0.1) is 6.92 Å². The minimum absolute atomic E-state index is 0.157. The maximum atomic E-state index is 13.0. The molecule has 0 bridgehead atoms. The molecular weight excluding hydrogens is 354 g/mol. The molecule has 1 heterocycles. The predicted octanol–water partition coefficient (Wildman–Crippen LogP) is 4.10. The number of thiophene rings is 1. The van der Waals surface area contributed by atoms with Crippen molar-refractivity contribution in [1.82, 2.24) is 4.31 Å². The highest BCUT2D eigenvalue weighted by atomic mass is 35.5. The molecule has 7 heteroatoms. The summed E-state index contributed by atoms with van der Waals surface area (Å²) >= 11 is 7.29. The molecule has 23 heavy (non-hydrogen) atoms. The Morgan fingerprint density at radius 3 is 2.65 bits per heavy atom. The number of hydrogen-bond donors (Lipinski definition) is 0. The van der Waals surface area contributed by atoms with E-state index < -0.39 is 10.0 Å². The molecule has 0 aliphatic rings. The first-order valence-corrected chi connectivity index (χ1v) is 9.52. The Morgan fingerprint density at radius 1 is 1.35 bits per heavy atom. The number of nitrogens with zero attached hydrogens (tertiary/aromatic N) is 1. The van der Waals surface area contributed by atoms with Gasteiger partial charge in [0, 0.05) is 18.0 Å². The van der Waals surface area contributed by atoms with Crippen LogP contribution in [0.1, 0.15) is 10.4 Å². The smallest absolute Gasteiger partial charge is 0.247 e. The summed E-state index contributed by atoms with van der Waals surface area (Å²) in [5.74, 6) is 0.328. The van der Waals surface area contributed by atoms with E-state index in [2.05, 4.69) is 6.58 Å². The van der Waals surface area contributed by atoms with Gasteiger partial charge in [0.1, 0.15) is 10.6 Å². The second-order valence-electron chi connectivity index (χ2n) is 4.95. The largest absolute Gasteiger partial charge is 0.495 e. The van der Waals surface area contributed by atoms with Gasteiger partial charge in [-0.15, -0.1) is 17.9 Å². The molecule has 124 valence electrons. The first kappa shape index (κ1) is 18.0. The molecule has 0 amide bonds. The quantitative estimate of drug-likeness (QED) is 0.688. The molecule has 0 spiro atoms. The Morgan fingerprint density at radius 2 is 2.09 bits per heavy atom. The number of sulfonamides is 1. The molecule has 0 aliphatic carbocycles. The summed E-state index contributed by atoms with van der Waals surface area (Å²) < 4.78 is 33.3. The van der Waals surface area contributed by atoms with Gasteiger partial charge >= 0.3 is 0 Å². The van der Waals surface area contributed by atoms with Crippen molar-refractivity contribution in [3.8, 4) is 5.75 Å². The average Bonchev–Trinajstić information content (AvgIpc) is 2.92. The lowest BCUT2D eigenvalue weighted by Gasteiger charge is -2.21. The summed E-state index contributed by atoms with van der Waals surface area (Å²) in [5.41, 5.74) is 0.849. The van der Waals surface area contributed by atoms with Crippen molar-refractivity contribution in [2.45, 2.75) is 18.4 Å². The fourth-order valence-electron chi connectivity index (χ4n) is 2.13. The van der Waals surface area contributed by atoms with Gasteiger partial charge in [-0.3, -0.25) is 0 Å². The third kappa shape index (κ3) is 4.14. The third-order valence-electron chi connectivity index (χ3n) is 3.23. The van der Waals surface area contributed by atoms with Crippen molar-refractivity contribution in [2.24, 2.45) is 0 Å². The molecular formula is C16H18ClNO3S2. The zero-order valence-electron chi connectivity index (χ0n) is 13.0. The molecule has 0 radical (unpaired) electrons. The van der Waals surface area contributed by atoms with Gasteiger partial charge in [0.2, 0.25) is 10.0 Å².